The van der Waals surface area contributed by atoms with Crippen molar-refractivity contribution >= 4 is 22.5 Å². The number of benzene rings is 2. The van der Waals surface area contributed by atoms with E-state index in [0.717, 1.165) is 25.7 Å². The average Bonchev–Trinajstić information content (AvgIpc) is 3.19. The zero-order valence-corrected chi connectivity index (χ0v) is 17.1. The number of hydrogen-bond donors (Lipinski definition) is 2. The van der Waals surface area contributed by atoms with Crippen molar-refractivity contribution in [2.45, 2.75) is 38.6 Å². The van der Waals surface area contributed by atoms with E-state index in [1.54, 1.807) is 34.8 Å². The van der Waals surface area contributed by atoms with E-state index in [0.29, 0.717) is 33.6 Å². The van der Waals surface area contributed by atoms with Gasteiger partial charge in [0, 0.05) is 17.2 Å². The molecule has 1 aliphatic carbocycles. The first kappa shape index (κ1) is 19.4. The largest absolute Gasteiger partial charge is 0.349 e. The van der Waals surface area contributed by atoms with Gasteiger partial charge in [-0.25, -0.2) is 14.1 Å². The van der Waals surface area contributed by atoms with Gasteiger partial charge in [0.15, 0.2) is 5.65 Å². The number of nitrogens with zero attached hydrogens (tertiary/aromatic N) is 3. The molecule has 7 nitrogen and oxygen atoms in total. The van der Waals surface area contributed by atoms with Crippen LogP contribution in [-0.4, -0.2) is 31.8 Å². The molecule has 0 saturated heterocycles. The first-order valence-electron chi connectivity index (χ1n) is 10.5. The highest BCUT2D eigenvalue weighted by Gasteiger charge is 2.21. The van der Waals surface area contributed by atoms with E-state index >= 15 is 0 Å². The Balaban J connectivity index is 1.55. The Morgan fingerprint density at radius 1 is 1.16 bits per heavy atom. The molecule has 0 spiro atoms. The summed E-state index contributed by atoms with van der Waals surface area (Å²) in [5.41, 5.74) is 1.68. The van der Waals surface area contributed by atoms with Gasteiger partial charge in [-0.2, -0.15) is 10.1 Å². The van der Waals surface area contributed by atoms with Crippen molar-refractivity contribution in [3.8, 4) is 11.3 Å². The Hall–Kier alpha value is -3.55. The van der Waals surface area contributed by atoms with Gasteiger partial charge in [0.1, 0.15) is 11.5 Å². The van der Waals surface area contributed by atoms with Gasteiger partial charge in [-0.1, -0.05) is 19.1 Å². The summed E-state index contributed by atoms with van der Waals surface area (Å²) in [5.74, 6) is 0.135. The van der Waals surface area contributed by atoms with Crippen LogP contribution in [0.25, 0.3) is 27.8 Å². The van der Waals surface area contributed by atoms with Gasteiger partial charge in [0.05, 0.1) is 10.9 Å². The molecule has 1 fully saturated rings. The summed E-state index contributed by atoms with van der Waals surface area (Å²) in [6.07, 6.45) is 4.18. The van der Waals surface area contributed by atoms with Crippen LogP contribution in [0.15, 0.2) is 47.3 Å². The molecule has 0 unspecified atom stereocenters. The van der Waals surface area contributed by atoms with E-state index in [9.17, 15) is 14.0 Å². The van der Waals surface area contributed by atoms with Gasteiger partial charge >= 0.3 is 0 Å². The summed E-state index contributed by atoms with van der Waals surface area (Å²) in [4.78, 5) is 29.6. The fourth-order valence-electron chi connectivity index (χ4n) is 4.27. The van der Waals surface area contributed by atoms with Gasteiger partial charge < -0.3 is 5.32 Å². The van der Waals surface area contributed by atoms with Crippen molar-refractivity contribution in [2.75, 3.05) is 0 Å². The van der Waals surface area contributed by atoms with E-state index in [4.69, 9.17) is 0 Å². The third-order valence-electron chi connectivity index (χ3n) is 6.07. The molecule has 0 bridgehead atoms. The maximum atomic E-state index is 13.7. The highest BCUT2D eigenvalue weighted by atomic mass is 19.1. The van der Waals surface area contributed by atoms with Gasteiger partial charge in [-0.05, 0) is 61.9 Å². The Morgan fingerprint density at radius 2 is 1.97 bits per heavy atom. The number of nitrogens with one attached hydrogen (secondary N) is 2. The highest BCUT2D eigenvalue weighted by molar-refractivity contribution is 5.98. The van der Waals surface area contributed by atoms with Crippen molar-refractivity contribution in [3.05, 3.63) is 64.2 Å². The van der Waals surface area contributed by atoms with Crippen molar-refractivity contribution in [3.63, 3.8) is 0 Å². The molecular formula is C23H22FN5O2. The standard InChI is InChI=1S/C23H22FN5O2/c1-13-5-8-17(9-6-13)25-22(30)15-7-10-18-19(12-15)29-21(26-23(18)31)20(27-28-29)14-3-2-4-16(24)11-14/h2-4,7,10-13,17,28H,5-6,8-9H2,1H3,(H,25,30). The summed E-state index contributed by atoms with van der Waals surface area (Å²) in [6, 6.07) is 11.0. The van der Waals surface area contributed by atoms with Crippen LogP contribution in [0, 0.1) is 11.7 Å². The van der Waals surface area contributed by atoms with Crippen LogP contribution in [-0.2, 0) is 0 Å². The van der Waals surface area contributed by atoms with Crippen LogP contribution in [0.1, 0.15) is 43.0 Å². The number of rotatable bonds is 3. The van der Waals surface area contributed by atoms with Gasteiger partial charge in [0.25, 0.3) is 11.5 Å². The molecule has 4 aromatic rings. The molecule has 158 valence electrons. The van der Waals surface area contributed by atoms with Crippen LogP contribution >= 0.6 is 0 Å². The number of carbonyl (C=O) groups excluding carboxylic acids is 1. The second-order valence-electron chi connectivity index (χ2n) is 8.31. The minimum Gasteiger partial charge on any atom is -0.349 e. The zero-order valence-electron chi connectivity index (χ0n) is 17.1. The molecule has 0 aliphatic heterocycles. The van der Waals surface area contributed by atoms with E-state index in [-0.39, 0.29) is 17.6 Å². The monoisotopic (exact) mass is 419 g/mol. The number of amides is 1. The Labute approximate surface area is 177 Å². The molecule has 2 heterocycles. The molecular weight excluding hydrogens is 397 g/mol. The van der Waals surface area contributed by atoms with Crippen LogP contribution in [0.4, 0.5) is 4.39 Å². The number of halogens is 1. The number of carbonyl (C=O) groups is 1. The lowest BCUT2D eigenvalue weighted by molar-refractivity contribution is 0.0923. The molecule has 1 amide bonds. The third-order valence-corrected chi connectivity index (χ3v) is 6.07. The predicted molar refractivity (Wildman–Crippen MR) is 115 cm³/mol. The van der Waals surface area contributed by atoms with Crippen molar-refractivity contribution in [2.24, 2.45) is 5.92 Å². The van der Waals surface area contributed by atoms with Crippen molar-refractivity contribution in [1.82, 2.24) is 25.1 Å². The summed E-state index contributed by atoms with van der Waals surface area (Å²) in [6.45, 7) is 2.24. The van der Waals surface area contributed by atoms with Gasteiger partial charge in [-0.15, -0.1) is 0 Å². The van der Waals surface area contributed by atoms with E-state index in [1.165, 1.54) is 12.1 Å². The minimum atomic E-state index is -0.428. The van der Waals surface area contributed by atoms with Crippen LogP contribution in [0.2, 0.25) is 0 Å². The smallest absolute Gasteiger partial charge is 0.281 e. The molecule has 2 aromatic carbocycles. The quantitative estimate of drug-likeness (QED) is 0.530. The molecule has 0 radical (unpaired) electrons. The number of hydrogen-bond acceptors (Lipinski definition) is 4. The first-order valence-corrected chi connectivity index (χ1v) is 10.5. The lowest BCUT2D eigenvalue weighted by Crippen LogP contribution is -2.37. The summed E-state index contributed by atoms with van der Waals surface area (Å²) in [5, 5.41) is 10.6. The molecule has 1 aliphatic rings. The summed E-state index contributed by atoms with van der Waals surface area (Å²) < 4.78 is 15.2. The van der Waals surface area contributed by atoms with Crippen molar-refractivity contribution < 1.29 is 9.18 Å². The van der Waals surface area contributed by atoms with E-state index in [2.05, 4.69) is 27.5 Å². The summed E-state index contributed by atoms with van der Waals surface area (Å²) >= 11 is 0. The summed E-state index contributed by atoms with van der Waals surface area (Å²) in [7, 11) is 0. The molecule has 1 saturated carbocycles. The minimum absolute atomic E-state index is 0.163. The molecule has 2 aromatic heterocycles. The molecule has 8 heteroatoms. The lowest BCUT2D eigenvalue weighted by atomic mass is 9.87. The average molecular weight is 419 g/mol. The Morgan fingerprint density at radius 3 is 2.74 bits per heavy atom. The molecule has 0 atom stereocenters. The topological polar surface area (TPSA) is 92.2 Å². The maximum absolute atomic E-state index is 13.7. The SMILES string of the molecule is CC1CCC(NC(=O)c2ccc3c(=O)nc4c(-c5cccc(F)c5)n[nH]n4c3c2)CC1. The maximum Gasteiger partial charge on any atom is 0.281 e. The first-order chi connectivity index (χ1) is 15.0. The van der Waals surface area contributed by atoms with Crippen LogP contribution < -0.4 is 10.9 Å². The highest BCUT2D eigenvalue weighted by Crippen LogP contribution is 2.25. The number of aromatic nitrogens is 4. The normalized spacial score (nSPS) is 19.0. The van der Waals surface area contributed by atoms with Crippen LogP contribution in [0.5, 0.6) is 0 Å². The number of aromatic amines is 1. The van der Waals surface area contributed by atoms with E-state index in [1.807, 2.05) is 0 Å². The van der Waals surface area contributed by atoms with Crippen molar-refractivity contribution in [1.29, 1.82) is 0 Å². The predicted octanol–water partition coefficient (Wildman–Crippen LogP) is 3.69. The number of fused-ring (bicyclic) bond motifs is 3. The fraction of sp³-hybridized carbons (Fsp3) is 0.304. The molecule has 2 N–H and O–H groups in total. The van der Waals surface area contributed by atoms with E-state index < -0.39 is 11.4 Å². The van der Waals surface area contributed by atoms with Gasteiger partial charge in [-0.3, -0.25) is 9.59 Å². The fourth-order valence-corrected chi connectivity index (χ4v) is 4.27. The van der Waals surface area contributed by atoms with Gasteiger partial charge in [0.2, 0.25) is 0 Å². The molecule has 5 rings (SSSR count). The Kier molecular flexibility index (Phi) is 4.77. The number of H-pyrrole nitrogens is 1. The zero-order chi connectivity index (χ0) is 21.5. The third kappa shape index (κ3) is 3.58. The Bertz CT molecular complexity index is 1350. The second kappa shape index (κ2) is 7.61. The van der Waals surface area contributed by atoms with Crippen LogP contribution in [0.3, 0.4) is 0 Å². The molecule has 31 heavy (non-hydrogen) atoms. The lowest BCUT2D eigenvalue weighted by Gasteiger charge is -2.26. The second-order valence-corrected chi connectivity index (χ2v) is 8.31.